The summed E-state index contributed by atoms with van der Waals surface area (Å²) in [5.74, 6) is 0.357. The molecule has 0 amide bonds. The lowest BCUT2D eigenvalue weighted by molar-refractivity contribution is 0.0197. The first-order valence-electron chi connectivity index (χ1n) is 6.76. The highest BCUT2D eigenvalue weighted by Crippen LogP contribution is 2.42. The monoisotopic (exact) mass is 304 g/mol. The van der Waals surface area contributed by atoms with Gasteiger partial charge >= 0.3 is 0 Å². The Morgan fingerprint density at radius 3 is 2.59 bits per heavy atom. The van der Waals surface area contributed by atoms with Crippen molar-refractivity contribution in [1.82, 2.24) is 0 Å². The topological polar surface area (TPSA) is 99.4 Å². The number of fused-ring (bicyclic) bond motifs is 1. The van der Waals surface area contributed by atoms with E-state index in [1.807, 2.05) is 0 Å². The van der Waals surface area contributed by atoms with Crippen molar-refractivity contribution in [3.05, 3.63) is 41.5 Å². The number of phenolic OH excluding ortho intramolecular Hbond substituents is 3. The number of hydrogen-bond acceptors (Lipinski definition) is 6. The van der Waals surface area contributed by atoms with Gasteiger partial charge in [-0.2, -0.15) is 0 Å². The second-order valence-electron chi connectivity index (χ2n) is 5.18. The lowest BCUT2D eigenvalue weighted by Gasteiger charge is -2.31. The van der Waals surface area contributed by atoms with Crippen LogP contribution in [0, 0.1) is 0 Å². The van der Waals surface area contributed by atoms with Gasteiger partial charge in [0.05, 0.1) is 13.2 Å². The van der Waals surface area contributed by atoms with Crippen LogP contribution in [-0.2, 0) is 6.42 Å². The predicted octanol–water partition coefficient (Wildman–Crippen LogP) is 1.85. The van der Waals surface area contributed by atoms with E-state index in [2.05, 4.69) is 0 Å². The van der Waals surface area contributed by atoms with Gasteiger partial charge in [0.25, 0.3) is 0 Å². The third-order valence-corrected chi connectivity index (χ3v) is 3.72. The summed E-state index contributed by atoms with van der Waals surface area (Å²) in [6.45, 7) is 0. The Hall–Kier alpha value is -2.60. The van der Waals surface area contributed by atoms with Crippen LogP contribution in [0.15, 0.2) is 30.3 Å². The van der Waals surface area contributed by atoms with Crippen molar-refractivity contribution in [1.29, 1.82) is 0 Å². The maximum Gasteiger partial charge on any atom is 0.160 e. The molecular formula is C16H16O6. The molecule has 2 atom stereocenters. The Balaban J connectivity index is 1.99. The van der Waals surface area contributed by atoms with E-state index in [1.54, 1.807) is 12.1 Å². The summed E-state index contributed by atoms with van der Waals surface area (Å²) in [5.41, 5.74) is 1.07. The van der Waals surface area contributed by atoms with Crippen LogP contribution < -0.4 is 9.47 Å². The third kappa shape index (κ3) is 2.37. The minimum absolute atomic E-state index is 0.00719. The maximum absolute atomic E-state index is 10.3. The molecule has 0 spiro atoms. The van der Waals surface area contributed by atoms with Crippen molar-refractivity contribution in [2.45, 2.75) is 18.6 Å². The van der Waals surface area contributed by atoms with Crippen LogP contribution in [0.4, 0.5) is 0 Å². The highest BCUT2D eigenvalue weighted by Gasteiger charge is 2.32. The summed E-state index contributed by atoms with van der Waals surface area (Å²) >= 11 is 0. The van der Waals surface area contributed by atoms with E-state index in [-0.39, 0.29) is 29.4 Å². The van der Waals surface area contributed by atoms with Gasteiger partial charge in [0.2, 0.25) is 0 Å². The van der Waals surface area contributed by atoms with E-state index in [1.165, 1.54) is 25.3 Å². The molecule has 0 aliphatic carbocycles. The fraction of sp³-hybridized carbons (Fsp3) is 0.250. The molecule has 0 aromatic heterocycles. The average Bonchev–Trinajstić information content (AvgIpc) is 2.48. The summed E-state index contributed by atoms with van der Waals surface area (Å²) < 4.78 is 10.8. The number of ether oxygens (including phenoxy) is 2. The summed E-state index contributed by atoms with van der Waals surface area (Å²) in [6.07, 6.45) is -1.38. The highest BCUT2D eigenvalue weighted by molar-refractivity contribution is 5.52. The number of benzene rings is 2. The average molecular weight is 304 g/mol. The minimum Gasteiger partial charge on any atom is -0.508 e. The molecule has 1 heterocycles. The fourth-order valence-corrected chi connectivity index (χ4v) is 2.62. The van der Waals surface area contributed by atoms with E-state index in [0.717, 1.165) is 0 Å². The Labute approximate surface area is 126 Å². The smallest absolute Gasteiger partial charge is 0.160 e. The molecule has 6 nitrogen and oxygen atoms in total. The number of methoxy groups -OCH3 is 1. The van der Waals surface area contributed by atoms with Crippen LogP contribution >= 0.6 is 0 Å². The number of phenols is 3. The Morgan fingerprint density at radius 1 is 1.09 bits per heavy atom. The van der Waals surface area contributed by atoms with Crippen molar-refractivity contribution in [2.75, 3.05) is 7.11 Å². The molecule has 3 rings (SSSR count). The quantitative estimate of drug-likeness (QED) is 0.676. The molecule has 0 saturated carbocycles. The van der Waals surface area contributed by atoms with E-state index in [0.29, 0.717) is 16.9 Å². The van der Waals surface area contributed by atoms with Crippen LogP contribution in [0.2, 0.25) is 0 Å². The summed E-state index contributed by atoms with van der Waals surface area (Å²) in [7, 11) is 1.43. The van der Waals surface area contributed by atoms with Crippen molar-refractivity contribution in [2.24, 2.45) is 0 Å². The predicted molar refractivity (Wildman–Crippen MR) is 77.5 cm³/mol. The number of aliphatic hydroxyl groups is 1. The van der Waals surface area contributed by atoms with Crippen molar-refractivity contribution >= 4 is 0 Å². The van der Waals surface area contributed by atoms with Gasteiger partial charge in [0.1, 0.15) is 23.4 Å². The largest absolute Gasteiger partial charge is 0.508 e. The molecule has 6 heteroatoms. The summed E-state index contributed by atoms with van der Waals surface area (Å²) in [5, 5.41) is 39.3. The fourth-order valence-electron chi connectivity index (χ4n) is 2.62. The molecule has 1 aliphatic rings. The van der Waals surface area contributed by atoms with Crippen molar-refractivity contribution < 1.29 is 29.9 Å². The first kappa shape index (κ1) is 14.3. The molecule has 0 bridgehead atoms. The lowest BCUT2D eigenvalue weighted by Crippen LogP contribution is -2.30. The van der Waals surface area contributed by atoms with Crippen molar-refractivity contribution in [3.8, 4) is 28.7 Å². The van der Waals surface area contributed by atoms with Gasteiger partial charge in [-0.05, 0) is 17.7 Å². The lowest BCUT2D eigenvalue weighted by atomic mass is 9.94. The molecule has 22 heavy (non-hydrogen) atoms. The van der Waals surface area contributed by atoms with Crippen LogP contribution in [0.3, 0.4) is 0 Å². The van der Waals surface area contributed by atoms with Crippen LogP contribution in [-0.4, -0.2) is 33.6 Å². The summed E-state index contributed by atoms with van der Waals surface area (Å²) in [6, 6.07) is 7.26. The molecule has 0 unspecified atom stereocenters. The van der Waals surface area contributed by atoms with E-state index >= 15 is 0 Å². The zero-order chi connectivity index (χ0) is 15.9. The van der Waals surface area contributed by atoms with E-state index in [9.17, 15) is 20.4 Å². The van der Waals surface area contributed by atoms with Crippen LogP contribution in [0.1, 0.15) is 17.2 Å². The molecule has 0 saturated heterocycles. The first-order chi connectivity index (χ1) is 10.5. The molecule has 4 N–H and O–H groups in total. The van der Waals surface area contributed by atoms with Gasteiger partial charge in [0.15, 0.2) is 11.5 Å². The standard InChI is InChI=1S/C16H16O6/c1-21-15-4-8(2-3-11(15)18)16-13(20)7-10-12(19)5-9(17)6-14(10)22-16/h2-6,13,16-20H,7H2,1H3/t13-,16-/m1/s1. The van der Waals surface area contributed by atoms with Gasteiger partial charge in [-0.3, -0.25) is 0 Å². The molecular weight excluding hydrogens is 288 g/mol. The second-order valence-corrected chi connectivity index (χ2v) is 5.18. The van der Waals surface area contributed by atoms with Gasteiger partial charge in [-0.25, -0.2) is 0 Å². The maximum atomic E-state index is 10.3. The molecule has 1 aliphatic heterocycles. The molecule has 0 fully saturated rings. The third-order valence-electron chi connectivity index (χ3n) is 3.72. The van der Waals surface area contributed by atoms with Gasteiger partial charge in [-0.15, -0.1) is 0 Å². The Morgan fingerprint density at radius 2 is 1.86 bits per heavy atom. The zero-order valence-electron chi connectivity index (χ0n) is 11.9. The first-order valence-corrected chi connectivity index (χ1v) is 6.76. The SMILES string of the molecule is COc1cc([C@H]2Oc3cc(O)cc(O)c3C[C@H]2O)ccc1O. The van der Waals surface area contributed by atoms with Crippen LogP contribution in [0.25, 0.3) is 0 Å². The Kier molecular flexibility index (Phi) is 3.46. The number of aliphatic hydroxyl groups excluding tert-OH is 1. The van der Waals surface area contributed by atoms with Gasteiger partial charge in [0, 0.05) is 24.1 Å². The van der Waals surface area contributed by atoms with Gasteiger partial charge < -0.3 is 29.9 Å². The summed E-state index contributed by atoms with van der Waals surface area (Å²) in [4.78, 5) is 0. The zero-order valence-corrected chi connectivity index (χ0v) is 11.9. The van der Waals surface area contributed by atoms with Gasteiger partial charge in [-0.1, -0.05) is 6.07 Å². The second kappa shape index (κ2) is 5.31. The Bertz CT molecular complexity index is 712. The van der Waals surface area contributed by atoms with E-state index < -0.39 is 12.2 Å². The highest BCUT2D eigenvalue weighted by atomic mass is 16.5. The van der Waals surface area contributed by atoms with Crippen molar-refractivity contribution in [3.63, 3.8) is 0 Å². The molecule has 2 aromatic rings. The number of hydrogen-bond donors (Lipinski definition) is 4. The number of aromatic hydroxyl groups is 3. The van der Waals surface area contributed by atoms with E-state index in [4.69, 9.17) is 9.47 Å². The normalized spacial score (nSPS) is 20.1. The molecule has 116 valence electrons. The molecule has 2 aromatic carbocycles. The molecule has 0 radical (unpaired) electrons. The number of rotatable bonds is 2. The van der Waals surface area contributed by atoms with Crippen LogP contribution in [0.5, 0.6) is 28.7 Å². The minimum atomic E-state index is -0.878.